The topological polar surface area (TPSA) is 76.0 Å². The van der Waals surface area contributed by atoms with Crippen molar-refractivity contribution in [3.05, 3.63) is 77.0 Å². The number of aliphatic imine (C=N–C) groups is 1. The van der Waals surface area contributed by atoms with E-state index in [-0.39, 0.29) is 22.9 Å². The van der Waals surface area contributed by atoms with Gasteiger partial charge in [-0.05, 0) is 24.3 Å². The molecule has 0 aromatic heterocycles. The summed E-state index contributed by atoms with van der Waals surface area (Å²) in [4.78, 5) is 43.5. The third kappa shape index (κ3) is 2.85. The fraction of sp³-hybridized carbons (Fsp3) is 0.143. The number of amidine groups is 1. The van der Waals surface area contributed by atoms with E-state index in [1.165, 1.54) is 23.1 Å². The Kier molecular flexibility index (Phi) is 4.16. The highest BCUT2D eigenvalue weighted by Crippen LogP contribution is 2.30. The van der Waals surface area contributed by atoms with E-state index in [4.69, 9.17) is 4.74 Å². The molecule has 1 aliphatic carbocycles. The first-order valence-corrected chi connectivity index (χ1v) is 8.63. The maximum absolute atomic E-state index is 12.8. The van der Waals surface area contributed by atoms with E-state index in [1.54, 1.807) is 36.5 Å². The Hall–Kier alpha value is -3.54. The van der Waals surface area contributed by atoms with Crippen LogP contribution in [0.4, 0.5) is 4.79 Å². The third-order valence-electron chi connectivity index (χ3n) is 4.57. The van der Waals surface area contributed by atoms with Crippen molar-refractivity contribution in [2.45, 2.75) is 13.3 Å². The Labute approximate surface area is 155 Å². The Morgan fingerprint density at radius 2 is 1.70 bits per heavy atom. The normalized spacial score (nSPS) is 15.1. The van der Waals surface area contributed by atoms with Crippen LogP contribution in [0.5, 0.6) is 5.75 Å². The first-order valence-electron chi connectivity index (χ1n) is 8.63. The van der Waals surface area contributed by atoms with Crippen LogP contribution in [-0.2, 0) is 0 Å². The Morgan fingerprint density at radius 3 is 2.41 bits per heavy atom. The van der Waals surface area contributed by atoms with Crippen LogP contribution >= 0.6 is 0 Å². The highest BCUT2D eigenvalue weighted by Gasteiger charge is 2.30. The molecule has 27 heavy (non-hydrogen) atoms. The molecular weight excluding hydrogens is 344 g/mol. The fourth-order valence-corrected chi connectivity index (χ4v) is 3.23. The van der Waals surface area contributed by atoms with E-state index in [0.717, 1.165) is 0 Å². The number of rotatable bonds is 2. The predicted octanol–water partition coefficient (Wildman–Crippen LogP) is 3.60. The molecule has 0 atom stereocenters. The van der Waals surface area contributed by atoms with Gasteiger partial charge in [0, 0.05) is 34.9 Å². The van der Waals surface area contributed by atoms with Gasteiger partial charge in [0.15, 0.2) is 11.6 Å². The van der Waals surface area contributed by atoms with E-state index in [2.05, 4.69) is 4.99 Å². The summed E-state index contributed by atoms with van der Waals surface area (Å²) >= 11 is 0. The molecule has 0 saturated heterocycles. The van der Waals surface area contributed by atoms with Gasteiger partial charge in [0.2, 0.25) is 0 Å². The van der Waals surface area contributed by atoms with Gasteiger partial charge in [-0.3, -0.25) is 14.5 Å². The minimum Gasteiger partial charge on any atom is -0.410 e. The van der Waals surface area contributed by atoms with Crippen LogP contribution in [-0.4, -0.2) is 34.9 Å². The fourth-order valence-electron chi connectivity index (χ4n) is 3.23. The molecule has 0 spiro atoms. The van der Waals surface area contributed by atoms with Crippen molar-refractivity contribution in [3.8, 4) is 5.75 Å². The summed E-state index contributed by atoms with van der Waals surface area (Å²) in [7, 11) is 0. The van der Waals surface area contributed by atoms with Gasteiger partial charge >= 0.3 is 6.09 Å². The van der Waals surface area contributed by atoms with Crippen LogP contribution < -0.4 is 4.74 Å². The molecule has 4 rings (SSSR count). The molecule has 0 bridgehead atoms. The van der Waals surface area contributed by atoms with Crippen molar-refractivity contribution in [3.63, 3.8) is 0 Å². The molecule has 2 aromatic carbocycles. The first kappa shape index (κ1) is 16.9. The van der Waals surface area contributed by atoms with Crippen LogP contribution in [0.1, 0.15) is 45.2 Å². The summed E-state index contributed by atoms with van der Waals surface area (Å²) in [6.45, 7) is 2.28. The monoisotopic (exact) mass is 360 g/mol. The van der Waals surface area contributed by atoms with Gasteiger partial charge < -0.3 is 4.74 Å². The van der Waals surface area contributed by atoms with E-state index >= 15 is 0 Å². The van der Waals surface area contributed by atoms with Gasteiger partial charge in [-0.1, -0.05) is 31.2 Å². The number of ether oxygens (including phenoxy) is 1. The zero-order valence-electron chi connectivity index (χ0n) is 14.6. The smallest absolute Gasteiger partial charge is 0.410 e. The lowest BCUT2D eigenvalue weighted by molar-refractivity contribution is 0.0979. The Bertz CT molecular complexity index is 1040. The Balaban J connectivity index is 1.63. The molecule has 2 aliphatic rings. The minimum absolute atomic E-state index is 0.209. The second kappa shape index (κ2) is 6.64. The van der Waals surface area contributed by atoms with Crippen molar-refractivity contribution in [2.75, 3.05) is 6.54 Å². The predicted molar refractivity (Wildman–Crippen MR) is 99.3 cm³/mol. The summed E-state index contributed by atoms with van der Waals surface area (Å²) in [6, 6.07) is 11.2. The van der Waals surface area contributed by atoms with Crippen LogP contribution in [0.15, 0.2) is 59.7 Å². The molecule has 1 aliphatic heterocycles. The average molecular weight is 360 g/mol. The van der Waals surface area contributed by atoms with E-state index in [0.29, 0.717) is 35.5 Å². The average Bonchev–Trinajstić information content (AvgIpc) is 2.72. The van der Waals surface area contributed by atoms with Crippen molar-refractivity contribution in [2.24, 2.45) is 4.99 Å². The molecule has 0 saturated carbocycles. The third-order valence-corrected chi connectivity index (χ3v) is 4.57. The number of nitrogens with zero attached hydrogens (tertiary/aromatic N) is 2. The lowest BCUT2D eigenvalue weighted by Crippen LogP contribution is -2.39. The van der Waals surface area contributed by atoms with Crippen molar-refractivity contribution in [1.29, 1.82) is 0 Å². The lowest BCUT2D eigenvalue weighted by Gasteiger charge is -2.23. The van der Waals surface area contributed by atoms with Crippen LogP contribution in [0, 0.1) is 0 Å². The van der Waals surface area contributed by atoms with Gasteiger partial charge in [-0.15, -0.1) is 0 Å². The summed E-state index contributed by atoms with van der Waals surface area (Å²) in [6.07, 6.45) is 3.43. The van der Waals surface area contributed by atoms with Gasteiger partial charge in [-0.2, -0.15) is 0 Å². The molecule has 1 amide bonds. The molecule has 6 heteroatoms. The molecule has 0 unspecified atom stereocenters. The summed E-state index contributed by atoms with van der Waals surface area (Å²) < 4.78 is 5.43. The molecule has 2 aromatic rings. The van der Waals surface area contributed by atoms with Crippen molar-refractivity contribution >= 4 is 23.5 Å². The number of hydrogen-bond donors (Lipinski definition) is 0. The Morgan fingerprint density at radius 1 is 1.04 bits per heavy atom. The molecule has 0 fully saturated rings. The molecule has 6 nitrogen and oxygen atoms in total. The number of hydrogen-bond acceptors (Lipinski definition) is 5. The van der Waals surface area contributed by atoms with Gasteiger partial charge in [0.1, 0.15) is 11.6 Å². The van der Waals surface area contributed by atoms with Gasteiger partial charge in [-0.25, -0.2) is 9.79 Å². The second-order valence-electron chi connectivity index (χ2n) is 6.17. The van der Waals surface area contributed by atoms with Gasteiger partial charge in [0.05, 0.1) is 6.54 Å². The highest BCUT2D eigenvalue weighted by molar-refractivity contribution is 6.28. The molecule has 0 N–H and O–H groups in total. The number of carbonyl (C=O) groups excluding carboxylic acids is 3. The first-order chi connectivity index (χ1) is 13.1. The number of amides is 1. The van der Waals surface area contributed by atoms with Crippen molar-refractivity contribution < 1.29 is 19.1 Å². The number of benzene rings is 2. The molecular formula is C21H16N2O4. The van der Waals surface area contributed by atoms with E-state index in [9.17, 15) is 14.4 Å². The largest absolute Gasteiger partial charge is 0.420 e. The quantitative estimate of drug-likeness (QED) is 0.700. The molecule has 0 radical (unpaired) electrons. The number of fused-ring (bicyclic) bond motifs is 2. The number of carbonyl (C=O) groups is 3. The van der Waals surface area contributed by atoms with Gasteiger partial charge in [0.25, 0.3) is 0 Å². The maximum atomic E-state index is 12.8. The standard InChI is InChI=1S/C21H16N2O4/c1-2-18-22-10-5-11-23(18)21(26)27-13-8-9-16-17(12-13)20(25)15-7-4-3-6-14(15)19(16)24/h3-10,12H,2,11H2,1H3. The molecule has 134 valence electrons. The summed E-state index contributed by atoms with van der Waals surface area (Å²) in [5.74, 6) is 0.361. The van der Waals surface area contributed by atoms with E-state index in [1.807, 2.05) is 6.92 Å². The molecule has 1 heterocycles. The van der Waals surface area contributed by atoms with E-state index < -0.39 is 6.09 Å². The van der Waals surface area contributed by atoms with Crippen LogP contribution in [0.25, 0.3) is 0 Å². The minimum atomic E-state index is -0.574. The van der Waals surface area contributed by atoms with Crippen LogP contribution in [0.3, 0.4) is 0 Å². The second-order valence-corrected chi connectivity index (χ2v) is 6.17. The van der Waals surface area contributed by atoms with Crippen LogP contribution in [0.2, 0.25) is 0 Å². The maximum Gasteiger partial charge on any atom is 0.420 e. The zero-order valence-corrected chi connectivity index (χ0v) is 14.6. The zero-order chi connectivity index (χ0) is 19.0. The number of ketones is 2. The highest BCUT2D eigenvalue weighted by atomic mass is 16.6. The summed E-state index contributed by atoms with van der Waals surface area (Å²) in [5.41, 5.74) is 1.31. The van der Waals surface area contributed by atoms with Crippen molar-refractivity contribution in [1.82, 2.24) is 4.90 Å². The SMILES string of the molecule is CCC1=NC=CCN1C(=O)Oc1ccc2c(c1)C(=O)c1ccccc1C2=O. The lowest BCUT2D eigenvalue weighted by atomic mass is 9.84. The summed E-state index contributed by atoms with van der Waals surface area (Å²) in [5, 5.41) is 0.